The Morgan fingerprint density at radius 2 is 1.78 bits per heavy atom. The van der Waals surface area contributed by atoms with Gasteiger partial charge < -0.3 is 10.1 Å². The maximum Gasteiger partial charge on any atom is 0.308 e. The van der Waals surface area contributed by atoms with E-state index in [1.165, 1.54) is 0 Å². The van der Waals surface area contributed by atoms with Crippen molar-refractivity contribution in [1.29, 1.82) is 0 Å². The Bertz CT molecular complexity index is 401. The molecule has 1 atom stereocenters. The Morgan fingerprint density at radius 3 is 2.33 bits per heavy atom. The minimum atomic E-state index is -0.300. The first-order chi connectivity index (χ1) is 8.49. The Hall–Kier alpha value is -1.84. The number of carbonyl (C=O) groups is 2. The predicted molar refractivity (Wildman–Crippen MR) is 69.2 cm³/mol. The van der Waals surface area contributed by atoms with Crippen molar-refractivity contribution in [3.05, 3.63) is 35.9 Å². The standard InChI is InChI=1S/C14H19NO3/c1-10(2)18-13(16)9-11(3)15-14(17)12-7-5-4-6-8-12/h4-8,10-11H,9H2,1-3H3,(H,15,17). The van der Waals surface area contributed by atoms with Gasteiger partial charge in [-0.1, -0.05) is 18.2 Å². The molecule has 0 heterocycles. The number of hydrogen-bond donors (Lipinski definition) is 1. The first-order valence-corrected chi connectivity index (χ1v) is 6.04. The van der Waals surface area contributed by atoms with Crippen LogP contribution in [-0.4, -0.2) is 24.0 Å². The molecule has 1 N–H and O–H groups in total. The molecule has 0 aromatic heterocycles. The quantitative estimate of drug-likeness (QED) is 0.813. The summed E-state index contributed by atoms with van der Waals surface area (Å²) >= 11 is 0. The second-order valence-electron chi connectivity index (χ2n) is 4.48. The van der Waals surface area contributed by atoms with E-state index in [-0.39, 0.29) is 30.4 Å². The molecule has 98 valence electrons. The van der Waals surface area contributed by atoms with Crippen LogP contribution in [0.1, 0.15) is 37.6 Å². The summed E-state index contributed by atoms with van der Waals surface area (Å²) in [6, 6.07) is 8.66. The van der Waals surface area contributed by atoms with Crippen molar-refractivity contribution >= 4 is 11.9 Å². The van der Waals surface area contributed by atoms with Gasteiger partial charge in [-0.15, -0.1) is 0 Å². The largest absolute Gasteiger partial charge is 0.463 e. The molecule has 0 radical (unpaired) electrons. The zero-order chi connectivity index (χ0) is 13.5. The lowest BCUT2D eigenvalue weighted by atomic mass is 10.2. The van der Waals surface area contributed by atoms with Crippen molar-refractivity contribution in [2.75, 3.05) is 0 Å². The maximum absolute atomic E-state index is 11.8. The van der Waals surface area contributed by atoms with E-state index in [0.717, 1.165) is 0 Å². The molecule has 1 amide bonds. The minimum absolute atomic E-state index is 0.130. The van der Waals surface area contributed by atoms with Gasteiger partial charge in [-0.05, 0) is 32.9 Å². The first-order valence-electron chi connectivity index (χ1n) is 6.04. The van der Waals surface area contributed by atoms with E-state index in [1.807, 2.05) is 6.07 Å². The normalized spacial score (nSPS) is 12.0. The Labute approximate surface area is 107 Å². The van der Waals surface area contributed by atoms with Crippen molar-refractivity contribution < 1.29 is 14.3 Å². The fourth-order valence-corrected chi connectivity index (χ4v) is 1.51. The molecule has 0 aliphatic heterocycles. The third-order valence-electron chi connectivity index (χ3n) is 2.25. The van der Waals surface area contributed by atoms with E-state index in [1.54, 1.807) is 45.0 Å². The number of amides is 1. The summed E-state index contributed by atoms with van der Waals surface area (Å²) in [5, 5.41) is 2.76. The summed E-state index contributed by atoms with van der Waals surface area (Å²) in [6.45, 7) is 5.37. The monoisotopic (exact) mass is 249 g/mol. The lowest BCUT2D eigenvalue weighted by Gasteiger charge is -2.14. The molecular weight excluding hydrogens is 230 g/mol. The number of ether oxygens (including phenoxy) is 1. The van der Waals surface area contributed by atoms with Gasteiger partial charge >= 0.3 is 5.97 Å². The van der Waals surface area contributed by atoms with Gasteiger partial charge in [0.25, 0.3) is 5.91 Å². The van der Waals surface area contributed by atoms with E-state index in [9.17, 15) is 9.59 Å². The highest BCUT2D eigenvalue weighted by atomic mass is 16.5. The van der Waals surface area contributed by atoms with Crippen molar-refractivity contribution in [1.82, 2.24) is 5.32 Å². The molecule has 0 aliphatic rings. The Balaban J connectivity index is 2.43. The fourth-order valence-electron chi connectivity index (χ4n) is 1.51. The van der Waals surface area contributed by atoms with Gasteiger partial charge in [0.2, 0.25) is 0 Å². The Kier molecular flexibility index (Phi) is 5.36. The van der Waals surface area contributed by atoms with Crippen molar-refractivity contribution in [3.63, 3.8) is 0 Å². The second kappa shape index (κ2) is 6.79. The smallest absolute Gasteiger partial charge is 0.308 e. The lowest BCUT2D eigenvalue weighted by Crippen LogP contribution is -2.34. The van der Waals surface area contributed by atoms with Crippen molar-refractivity contribution in [2.24, 2.45) is 0 Å². The first kappa shape index (κ1) is 14.2. The van der Waals surface area contributed by atoms with Crippen LogP contribution in [-0.2, 0) is 9.53 Å². The van der Waals surface area contributed by atoms with Gasteiger partial charge in [0.05, 0.1) is 12.5 Å². The molecule has 1 unspecified atom stereocenters. The van der Waals surface area contributed by atoms with Crippen LogP contribution in [0.5, 0.6) is 0 Å². The topological polar surface area (TPSA) is 55.4 Å². The van der Waals surface area contributed by atoms with Crippen molar-refractivity contribution in [3.8, 4) is 0 Å². The van der Waals surface area contributed by atoms with Crippen LogP contribution in [0.25, 0.3) is 0 Å². The summed E-state index contributed by atoms with van der Waals surface area (Å²) in [5.74, 6) is -0.480. The average molecular weight is 249 g/mol. The van der Waals surface area contributed by atoms with E-state index in [2.05, 4.69) is 5.32 Å². The van der Waals surface area contributed by atoms with E-state index in [4.69, 9.17) is 4.74 Å². The molecule has 1 rings (SSSR count). The molecule has 4 heteroatoms. The number of carbonyl (C=O) groups excluding carboxylic acids is 2. The van der Waals surface area contributed by atoms with Gasteiger partial charge in [0.1, 0.15) is 0 Å². The number of hydrogen-bond acceptors (Lipinski definition) is 3. The predicted octanol–water partition coefficient (Wildman–Crippen LogP) is 2.15. The van der Waals surface area contributed by atoms with Gasteiger partial charge in [0.15, 0.2) is 0 Å². The maximum atomic E-state index is 11.8. The zero-order valence-corrected chi connectivity index (χ0v) is 11.0. The lowest BCUT2D eigenvalue weighted by molar-refractivity contribution is -0.147. The van der Waals surface area contributed by atoms with Gasteiger partial charge in [-0.2, -0.15) is 0 Å². The summed E-state index contributed by atoms with van der Waals surface area (Å²) < 4.78 is 5.02. The summed E-state index contributed by atoms with van der Waals surface area (Å²) in [7, 11) is 0. The van der Waals surface area contributed by atoms with Crippen LogP contribution in [0.4, 0.5) is 0 Å². The number of rotatable bonds is 5. The molecule has 0 aliphatic carbocycles. The third kappa shape index (κ3) is 4.99. The van der Waals surface area contributed by atoms with Crippen LogP contribution in [0.2, 0.25) is 0 Å². The summed E-state index contributed by atoms with van der Waals surface area (Å²) in [5.41, 5.74) is 0.585. The Morgan fingerprint density at radius 1 is 1.17 bits per heavy atom. The molecule has 0 bridgehead atoms. The highest BCUT2D eigenvalue weighted by Gasteiger charge is 2.14. The van der Waals surface area contributed by atoms with Crippen LogP contribution in [0.15, 0.2) is 30.3 Å². The number of esters is 1. The van der Waals surface area contributed by atoms with E-state index < -0.39 is 0 Å². The molecule has 18 heavy (non-hydrogen) atoms. The molecule has 0 spiro atoms. The number of benzene rings is 1. The highest BCUT2D eigenvalue weighted by Crippen LogP contribution is 2.02. The SMILES string of the molecule is CC(CC(=O)OC(C)C)NC(=O)c1ccccc1. The minimum Gasteiger partial charge on any atom is -0.463 e. The number of nitrogens with one attached hydrogen (secondary N) is 1. The van der Waals surface area contributed by atoms with E-state index in [0.29, 0.717) is 5.56 Å². The van der Waals surface area contributed by atoms with Crippen molar-refractivity contribution in [2.45, 2.75) is 39.3 Å². The fraction of sp³-hybridized carbons (Fsp3) is 0.429. The molecule has 0 saturated heterocycles. The summed E-state index contributed by atoms with van der Waals surface area (Å²) in [4.78, 5) is 23.2. The highest BCUT2D eigenvalue weighted by molar-refractivity contribution is 5.94. The van der Waals surface area contributed by atoms with E-state index >= 15 is 0 Å². The van der Waals surface area contributed by atoms with Gasteiger partial charge in [-0.25, -0.2) is 0 Å². The van der Waals surface area contributed by atoms with Gasteiger partial charge in [0, 0.05) is 11.6 Å². The molecule has 4 nitrogen and oxygen atoms in total. The van der Waals surface area contributed by atoms with Crippen LogP contribution in [0, 0.1) is 0 Å². The molecular formula is C14H19NO3. The van der Waals surface area contributed by atoms with Crippen LogP contribution in [0.3, 0.4) is 0 Å². The van der Waals surface area contributed by atoms with Gasteiger partial charge in [-0.3, -0.25) is 9.59 Å². The molecule has 1 aromatic rings. The average Bonchev–Trinajstić information content (AvgIpc) is 2.28. The second-order valence-corrected chi connectivity index (χ2v) is 4.48. The van der Waals surface area contributed by atoms with Crippen LogP contribution < -0.4 is 5.32 Å². The molecule has 0 fully saturated rings. The van der Waals surface area contributed by atoms with Crippen LogP contribution >= 0.6 is 0 Å². The molecule has 1 aromatic carbocycles. The molecule has 0 saturated carbocycles. The third-order valence-corrected chi connectivity index (χ3v) is 2.25. The summed E-state index contributed by atoms with van der Waals surface area (Å²) in [6.07, 6.45) is 0.0473. The zero-order valence-electron chi connectivity index (χ0n) is 11.0.